The lowest BCUT2D eigenvalue weighted by Crippen LogP contribution is -2.65. The van der Waals surface area contributed by atoms with Gasteiger partial charge in [0.1, 0.15) is 0 Å². The Morgan fingerprint density at radius 3 is 2.68 bits per heavy atom. The minimum atomic E-state index is -0.254. The fraction of sp³-hybridized carbons (Fsp3) is 0.600. The minimum absolute atomic E-state index is 0.243. The van der Waals surface area contributed by atoms with Gasteiger partial charge in [0, 0.05) is 31.6 Å². The molecule has 134 valence electrons. The second-order valence-corrected chi connectivity index (χ2v) is 7.93. The SMILES string of the molecule is NC(=O)CN1C[C@H]2C[C@@H](C1)[C@H](Cc1ccccc1)N1C(=O)CCC[C@@H]21. The lowest BCUT2D eigenvalue weighted by Gasteiger charge is -2.56. The molecule has 0 spiro atoms. The molecule has 2 N–H and O–H groups in total. The Bertz CT molecular complexity index is 648. The van der Waals surface area contributed by atoms with Crippen LogP contribution in [0.4, 0.5) is 0 Å². The average Bonchev–Trinajstić information content (AvgIpc) is 2.59. The van der Waals surface area contributed by atoms with Crippen LogP contribution in [0.1, 0.15) is 31.2 Å². The average molecular weight is 341 g/mol. The molecular weight excluding hydrogens is 314 g/mol. The van der Waals surface area contributed by atoms with Gasteiger partial charge < -0.3 is 10.6 Å². The Morgan fingerprint density at radius 1 is 1.16 bits per heavy atom. The molecule has 3 fully saturated rings. The fourth-order valence-corrected chi connectivity index (χ4v) is 5.34. The van der Waals surface area contributed by atoms with Gasteiger partial charge in [-0.3, -0.25) is 14.5 Å². The van der Waals surface area contributed by atoms with Crippen LogP contribution in [0.25, 0.3) is 0 Å². The molecule has 3 aliphatic heterocycles. The molecule has 4 rings (SSSR count). The number of rotatable bonds is 4. The predicted octanol–water partition coefficient (Wildman–Crippen LogP) is 1.42. The molecule has 1 aromatic rings. The Balaban J connectivity index is 1.61. The quantitative estimate of drug-likeness (QED) is 0.901. The van der Waals surface area contributed by atoms with Crippen molar-refractivity contribution < 1.29 is 9.59 Å². The van der Waals surface area contributed by atoms with E-state index in [1.54, 1.807) is 0 Å². The summed E-state index contributed by atoms with van der Waals surface area (Å²) in [6.45, 7) is 2.10. The smallest absolute Gasteiger partial charge is 0.231 e. The number of primary amides is 1. The van der Waals surface area contributed by atoms with Crippen molar-refractivity contribution in [3.05, 3.63) is 35.9 Å². The summed E-state index contributed by atoms with van der Waals surface area (Å²) in [5.74, 6) is 0.984. The largest absolute Gasteiger partial charge is 0.369 e. The van der Waals surface area contributed by atoms with Crippen LogP contribution in [0.3, 0.4) is 0 Å². The topological polar surface area (TPSA) is 66.6 Å². The summed E-state index contributed by atoms with van der Waals surface area (Å²) in [7, 11) is 0. The Morgan fingerprint density at radius 2 is 1.92 bits per heavy atom. The van der Waals surface area contributed by atoms with Gasteiger partial charge in [-0.05, 0) is 43.1 Å². The van der Waals surface area contributed by atoms with E-state index in [9.17, 15) is 9.59 Å². The Labute approximate surface area is 149 Å². The van der Waals surface area contributed by atoms with Crippen LogP contribution < -0.4 is 5.73 Å². The van der Waals surface area contributed by atoms with Crippen LogP contribution in [0.15, 0.2) is 30.3 Å². The van der Waals surface area contributed by atoms with Crippen LogP contribution in [0.5, 0.6) is 0 Å². The number of benzene rings is 1. The first-order chi connectivity index (χ1) is 12.1. The van der Waals surface area contributed by atoms with E-state index in [1.807, 2.05) is 6.07 Å². The molecule has 5 heteroatoms. The van der Waals surface area contributed by atoms with Gasteiger partial charge in [0.25, 0.3) is 0 Å². The molecule has 25 heavy (non-hydrogen) atoms. The maximum atomic E-state index is 12.8. The highest BCUT2D eigenvalue weighted by atomic mass is 16.2. The van der Waals surface area contributed by atoms with E-state index in [0.717, 1.165) is 32.4 Å². The fourth-order valence-electron chi connectivity index (χ4n) is 5.34. The first-order valence-corrected chi connectivity index (χ1v) is 9.47. The minimum Gasteiger partial charge on any atom is -0.369 e. The molecule has 2 bridgehead atoms. The highest BCUT2D eigenvalue weighted by Gasteiger charge is 2.49. The first-order valence-electron chi connectivity index (χ1n) is 9.47. The van der Waals surface area contributed by atoms with Crippen molar-refractivity contribution in [3.63, 3.8) is 0 Å². The maximum Gasteiger partial charge on any atom is 0.231 e. The lowest BCUT2D eigenvalue weighted by molar-refractivity contribution is -0.153. The first kappa shape index (κ1) is 16.6. The van der Waals surface area contributed by atoms with Gasteiger partial charge in [-0.25, -0.2) is 0 Å². The van der Waals surface area contributed by atoms with Gasteiger partial charge in [-0.15, -0.1) is 0 Å². The van der Waals surface area contributed by atoms with Crippen molar-refractivity contribution in [3.8, 4) is 0 Å². The second-order valence-electron chi connectivity index (χ2n) is 7.93. The predicted molar refractivity (Wildman–Crippen MR) is 95.7 cm³/mol. The number of carbonyl (C=O) groups is 2. The molecule has 0 saturated carbocycles. The molecule has 0 radical (unpaired) electrons. The zero-order valence-electron chi connectivity index (χ0n) is 14.6. The van der Waals surface area contributed by atoms with Gasteiger partial charge in [0.2, 0.25) is 11.8 Å². The number of hydrogen-bond acceptors (Lipinski definition) is 3. The summed E-state index contributed by atoms with van der Waals surface area (Å²) in [4.78, 5) is 28.6. The molecule has 0 unspecified atom stereocenters. The molecule has 3 heterocycles. The summed E-state index contributed by atoms with van der Waals surface area (Å²) in [6.07, 6.45) is 4.85. The summed E-state index contributed by atoms with van der Waals surface area (Å²) >= 11 is 0. The van der Waals surface area contributed by atoms with Crippen molar-refractivity contribution in [2.75, 3.05) is 19.6 Å². The standard InChI is InChI=1S/C20H27N3O2/c21-19(24)13-22-11-15-10-16(12-22)18(9-14-5-2-1-3-6-14)23-17(15)7-4-8-20(23)25/h1-3,5-6,15-18H,4,7-13H2,(H2,21,24)/t15-,16+,17+,18+/m1/s1. The highest BCUT2D eigenvalue weighted by molar-refractivity contribution is 5.78. The summed E-state index contributed by atoms with van der Waals surface area (Å²) in [6, 6.07) is 11.0. The van der Waals surface area contributed by atoms with Gasteiger partial charge in [0.15, 0.2) is 0 Å². The number of hydrogen-bond donors (Lipinski definition) is 1. The highest BCUT2D eigenvalue weighted by Crippen LogP contribution is 2.42. The molecule has 2 amide bonds. The lowest BCUT2D eigenvalue weighted by atomic mass is 9.71. The molecule has 4 atom stereocenters. The zero-order chi connectivity index (χ0) is 17.4. The van der Waals surface area contributed by atoms with Gasteiger partial charge in [0.05, 0.1) is 6.54 Å². The number of likely N-dealkylation sites (tertiary alicyclic amines) is 1. The van der Waals surface area contributed by atoms with Crippen molar-refractivity contribution in [1.82, 2.24) is 9.80 Å². The molecule has 0 aromatic heterocycles. The Hall–Kier alpha value is -1.88. The van der Waals surface area contributed by atoms with Crippen molar-refractivity contribution in [2.45, 2.75) is 44.2 Å². The van der Waals surface area contributed by atoms with E-state index in [2.05, 4.69) is 34.1 Å². The van der Waals surface area contributed by atoms with Crippen LogP contribution in [-0.2, 0) is 16.0 Å². The van der Waals surface area contributed by atoms with Gasteiger partial charge in [-0.1, -0.05) is 30.3 Å². The van der Waals surface area contributed by atoms with Gasteiger partial charge >= 0.3 is 0 Å². The monoisotopic (exact) mass is 341 g/mol. The van der Waals surface area contributed by atoms with Crippen LogP contribution in [0.2, 0.25) is 0 Å². The number of piperidine rings is 3. The third-order valence-corrected chi connectivity index (χ3v) is 6.24. The Kier molecular flexibility index (Phi) is 4.50. The van der Waals surface area contributed by atoms with E-state index in [1.165, 1.54) is 12.0 Å². The molecular formula is C20H27N3O2. The third kappa shape index (κ3) is 3.30. The van der Waals surface area contributed by atoms with Crippen LogP contribution >= 0.6 is 0 Å². The number of carbonyl (C=O) groups excluding carboxylic acids is 2. The third-order valence-electron chi connectivity index (χ3n) is 6.24. The second kappa shape index (κ2) is 6.79. The van der Waals surface area contributed by atoms with Crippen LogP contribution in [0, 0.1) is 11.8 Å². The van der Waals surface area contributed by atoms with Crippen molar-refractivity contribution in [1.29, 1.82) is 0 Å². The molecule has 5 nitrogen and oxygen atoms in total. The molecule has 3 saturated heterocycles. The van der Waals surface area contributed by atoms with E-state index in [0.29, 0.717) is 36.8 Å². The zero-order valence-corrected chi connectivity index (χ0v) is 14.6. The van der Waals surface area contributed by atoms with Crippen molar-refractivity contribution >= 4 is 11.8 Å². The van der Waals surface area contributed by atoms with E-state index >= 15 is 0 Å². The van der Waals surface area contributed by atoms with E-state index in [4.69, 9.17) is 5.73 Å². The molecule has 1 aromatic carbocycles. The number of amides is 2. The maximum absolute atomic E-state index is 12.8. The van der Waals surface area contributed by atoms with E-state index < -0.39 is 0 Å². The van der Waals surface area contributed by atoms with Crippen molar-refractivity contribution in [2.24, 2.45) is 17.6 Å². The summed E-state index contributed by atoms with van der Waals surface area (Å²) in [5, 5.41) is 0. The number of nitrogens with two attached hydrogens (primary N) is 1. The van der Waals surface area contributed by atoms with Crippen LogP contribution in [-0.4, -0.2) is 53.3 Å². The number of fused-ring (bicyclic) bond motifs is 4. The summed E-state index contributed by atoms with van der Waals surface area (Å²) in [5.41, 5.74) is 6.73. The van der Waals surface area contributed by atoms with E-state index in [-0.39, 0.29) is 11.9 Å². The van der Waals surface area contributed by atoms with Gasteiger partial charge in [-0.2, -0.15) is 0 Å². The number of nitrogens with zero attached hydrogens (tertiary/aromatic N) is 2. The molecule has 3 aliphatic rings. The normalized spacial score (nSPS) is 32.3. The summed E-state index contributed by atoms with van der Waals surface area (Å²) < 4.78 is 0. The molecule has 0 aliphatic carbocycles.